The molecule has 4 N–H and O–H groups in total. The largest absolute Gasteiger partial charge is 1.00 e. The van der Waals surface area contributed by atoms with Gasteiger partial charge in [-0.2, -0.15) is 10.5 Å². The van der Waals surface area contributed by atoms with Gasteiger partial charge in [0, 0.05) is 116 Å². The summed E-state index contributed by atoms with van der Waals surface area (Å²) in [6.45, 7) is 13.5. The fraction of sp³-hybridized carbons (Fsp3) is 0.136. The minimum absolute atomic E-state index is 0. The maximum absolute atomic E-state index is 13.3. The number of hydrogen-bond acceptors (Lipinski definition) is 26. The second kappa shape index (κ2) is 47.3. The molecule has 1 saturated heterocycles. The molecule has 0 aliphatic carbocycles. The second-order valence-corrected chi connectivity index (χ2v) is 38.3. The summed E-state index contributed by atoms with van der Waals surface area (Å²) >= 11 is 3.37. The summed E-state index contributed by atoms with van der Waals surface area (Å²) in [6, 6.07) is 69.5. The minimum Gasteiger partial charge on any atom is -1.00 e. The summed E-state index contributed by atoms with van der Waals surface area (Å²) in [7, 11) is -4.17. The number of pyridine rings is 5. The smallest absolute Gasteiger partial charge is 1.00 e. The van der Waals surface area contributed by atoms with Crippen molar-refractivity contribution in [2.45, 2.75) is 74.4 Å². The number of aldehydes is 2. The Morgan fingerprint density at radius 3 is 1.14 bits per heavy atom. The number of rotatable bonds is 20. The van der Waals surface area contributed by atoms with Gasteiger partial charge < -0.3 is 60.3 Å². The van der Waals surface area contributed by atoms with Crippen molar-refractivity contribution >= 4 is 139 Å². The Hall–Kier alpha value is -14.3. The van der Waals surface area contributed by atoms with Gasteiger partial charge in [0.25, 0.3) is 42.4 Å². The number of nitrogens with two attached hydrogens (primary N) is 1. The molecule has 11 heterocycles. The molecule has 32 nitrogen and oxygen atoms in total. The molecule has 18 aromatic rings. The van der Waals surface area contributed by atoms with E-state index in [0.29, 0.717) is 117 Å². The van der Waals surface area contributed by atoms with Crippen molar-refractivity contribution in [3.8, 4) is 85.4 Å². The Kier molecular flexibility index (Phi) is 36.1. The first-order chi connectivity index (χ1) is 67.2. The van der Waals surface area contributed by atoms with E-state index in [1.54, 1.807) is 202 Å². The number of H-pyrrole nitrogens is 2. The molecule has 0 bridgehead atoms. The number of primary amides is 1. The Labute approximate surface area is 872 Å². The molecule has 1 aliphatic rings. The Morgan fingerprint density at radius 2 is 0.768 bits per heavy atom. The van der Waals surface area contributed by atoms with Crippen LogP contribution in [0.2, 0.25) is 0 Å². The Morgan fingerprint density at radius 1 is 0.444 bits per heavy atom. The number of fused-ring (bicyclic) bond motifs is 5. The van der Waals surface area contributed by atoms with Crippen molar-refractivity contribution in [2.75, 3.05) is 35.5 Å². The Bertz CT molecular complexity index is 8130. The van der Waals surface area contributed by atoms with Gasteiger partial charge in [-0.1, -0.05) is 83.4 Å². The fourth-order valence-corrected chi connectivity index (χ4v) is 19.5. The van der Waals surface area contributed by atoms with Gasteiger partial charge in [0.2, 0.25) is 0 Å². The van der Waals surface area contributed by atoms with Crippen molar-refractivity contribution in [1.29, 1.82) is 10.5 Å². The molecule has 0 saturated carbocycles. The molecule has 0 radical (unpaired) electrons. The summed E-state index contributed by atoms with van der Waals surface area (Å²) < 4.78 is 120. The average Bonchev–Trinajstić information content (AvgIpc) is 1.60. The predicted molar refractivity (Wildman–Crippen MR) is 534 cm³/mol. The third-order valence-electron chi connectivity index (χ3n) is 22.8. The van der Waals surface area contributed by atoms with Crippen LogP contribution in [0.5, 0.6) is 28.7 Å². The van der Waals surface area contributed by atoms with E-state index in [9.17, 15) is 44.9 Å². The average molecular weight is 2050 g/mol. The first-order valence-corrected chi connectivity index (χ1v) is 47.6. The number of aromatic nitrogens is 10. The van der Waals surface area contributed by atoms with E-state index in [-0.39, 0.29) is 92.9 Å². The molecule has 142 heavy (non-hydrogen) atoms. The number of benzene rings is 8. The van der Waals surface area contributed by atoms with Crippen LogP contribution in [0.15, 0.2) is 306 Å². The van der Waals surface area contributed by atoms with E-state index in [1.165, 1.54) is 46.6 Å². The number of aromatic amines is 2. The van der Waals surface area contributed by atoms with Crippen LogP contribution in [0.1, 0.15) is 88.0 Å². The summed E-state index contributed by atoms with van der Waals surface area (Å²) in [6.07, 6.45) is 18.0. The van der Waals surface area contributed by atoms with Crippen molar-refractivity contribution in [1.82, 2.24) is 46.8 Å². The van der Waals surface area contributed by atoms with Gasteiger partial charge in [0.05, 0.1) is 89.3 Å². The number of amides is 1. The molecule has 1 amide bonds. The van der Waals surface area contributed by atoms with E-state index < -0.39 is 43.1 Å². The van der Waals surface area contributed by atoms with Gasteiger partial charge in [0.15, 0.2) is 29.5 Å². The normalized spacial score (nSPS) is 12.1. The van der Waals surface area contributed by atoms with Crippen LogP contribution in [-0.4, -0.2) is 151 Å². The van der Waals surface area contributed by atoms with Crippen molar-refractivity contribution in [2.24, 2.45) is 5.73 Å². The van der Waals surface area contributed by atoms with Crippen LogP contribution in [0.25, 0.3) is 99.7 Å². The maximum Gasteiger partial charge on any atom is 1.00 e. The summed E-state index contributed by atoms with van der Waals surface area (Å²) in [5.74, 6) is 2.02. The van der Waals surface area contributed by atoms with Crippen LogP contribution in [0.3, 0.4) is 0 Å². The van der Waals surface area contributed by atoms with Gasteiger partial charge in [-0.25, -0.2) is 62.1 Å². The first kappa shape index (κ1) is 108. The molecule has 8 aromatic carbocycles. The molecule has 10 aromatic heterocycles. The zero-order valence-electron chi connectivity index (χ0n) is 80.4. The van der Waals surface area contributed by atoms with E-state index in [1.807, 2.05) is 134 Å². The molecule has 19 rings (SSSR count). The summed E-state index contributed by atoms with van der Waals surface area (Å²) in [4.78, 5) is 73.3. The third kappa shape index (κ3) is 23.6. The van der Waals surface area contributed by atoms with E-state index in [0.717, 1.165) is 78.1 Å². The van der Waals surface area contributed by atoms with Crippen LogP contribution in [-0.2, 0) is 49.1 Å². The third-order valence-corrected chi connectivity index (χ3v) is 28.5. The number of hydrogen-bond donors (Lipinski definition) is 3. The van der Waals surface area contributed by atoms with Crippen LogP contribution in [0, 0.1) is 43.4 Å². The number of methoxy groups -OCH3 is 5. The number of carbonyl (C=O) groups is 4. The van der Waals surface area contributed by atoms with E-state index in [4.69, 9.17) is 54.0 Å². The number of halogens is 1. The monoisotopic (exact) mass is 2050 g/mol. The summed E-state index contributed by atoms with van der Waals surface area (Å²) in [5, 5.41) is 31.1. The first-order valence-electron chi connectivity index (χ1n) is 42.5. The number of nitrogens with one attached hydrogen (secondary N) is 2. The van der Waals surface area contributed by atoms with E-state index >= 15 is 0 Å². The van der Waals surface area contributed by atoms with E-state index in [2.05, 4.69) is 67.8 Å². The van der Waals surface area contributed by atoms with Gasteiger partial charge in [0.1, 0.15) is 52.2 Å². The zero-order chi connectivity index (χ0) is 101. The second-order valence-electron chi connectivity index (χ2n) is 32.0. The van der Waals surface area contributed by atoms with Crippen molar-refractivity contribution in [3.63, 3.8) is 0 Å². The van der Waals surface area contributed by atoms with Crippen molar-refractivity contribution < 1.29 is 148 Å². The van der Waals surface area contributed by atoms with Crippen LogP contribution in [0.4, 0.5) is 0 Å². The molecule has 0 unspecified atom stereocenters. The molecule has 712 valence electrons. The number of carbonyl (C=O) groups excluding carboxylic acids is 4. The quantitative estimate of drug-likeness (QED) is 0.0276. The van der Waals surface area contributed by atoms with Gasteiger partial charge in [-0.15, -0.1) is 0 Å². The molecule has 0 atom stereocenters. The summed E-state index contributed by atoms with van der Waals surface area (Å²) in [5.41, 5.74) is 19.8. The van der Waals surface area contributed by atoms with Crippen LogP contribution >= 0.6 is 15.9 Å². The number of ether oxygens (including phenoxy) is 5. The van der Waals surface area contributed by atoms with Gasteiger partial charge in [-0.05, 0) is 250 Å². The molecule has 0 spiro atoms. The van der Waals surface area contributed by atoms with Crippen molar-refractivity contribution in [3.05, 3.63) is 335 Å². The maximum atomic E-state index is 13.3. The molecule has 1 aliphatic heterocycles. The topological polar surface area (TPSA) is 452 Å². The SMILES string of the molecule is COc1ccc(-c2c[nH]c3ncccc23)cc1C#N.COc1ccc(-c2c[nH]c3ncccc23)cc1C(N)=O.COc1ccc(-c2cn(S(=O)(=O)c3ccc(C)cc3)c3ncccc23)cc1C#N.COc1ccc(-c2cn(S(=O)(=O)c3ccc(C)cc3)c3ncccc23)cc1C=O.COc1ccc(B2OC(C)(C)C(C)(C)O2)cc1C=O.Cc1ccc(S(=O)(=O)n2cc(Br)c3cccnc32)cc1.O=CO[O-].[H-].[Na+].[Na+]. The predicted octanol–water partition coefficient (Wildman–Crippen LogP) is 11.4. The zero-order valence-corrected chi connectivity index (χ0v) is 87.4. The fourth-order valence-electron chi connectivity index (χ4n) is 14.9. The van der Waals surface area contributed by atoms with Gasteiger partial charge in [-0.3, -0.25) is 19.2 Å². The number of nitrogens with zero attached hydrogens (tertiary/aromatic N) is 10. The molecule has 39 heteroatoms. The number of nitriles is 2. The number of aryl methyl sites for hydroxylation is 3. The van der Waals surface area contributed by atoms with Gasteiger partial charge >= 0.3 is 66.2 Å². The van der Waals surface area contributed by atoms with Crippen LogP contribution < -0.4 is 99.3 Å². The Balaban J connectivity index is 0.000000176. The molecular weight excluding hydrogens is 1960 g/mol. The molecular formula is C103H91BBrN13Na2O19S3. The standard InChI is InChI=1S/C22H17N3O3S.C22H18N2O4S.C15H13N3O2.C15H11N3O.C14H19BO4.C14H11BrN2O2S.CH2O3.2Na.H/c1-15-5-8-18(9-6-15)29(26,27)25-14-20(19-4-3-11-24-22(19)25)16-7-10-21(28-2)17(12-16)13-23;1-15-5-8-18(9-6-15)29(26,27)24-13-20(19-4-3-11-23-22(19)24)16-7-10-21(28-2)17(12-16)14-25;1-20-13-5-4-9(7-11(13)14(16)19)12-8-18-15-10(12)3-2-6-17-15;1-19-14-5-4-10(7-11(14)8-16)13-9-18-15-12(13)3-2-6-17-15;1-13(2)14(3,4)19-15(18-13)11-6-7-12(17-5)10(8-11)9-16;1-10-4-6-11(7-5-10)20(18,19)17-9-13(15)12-3-2-8-16-14(12)17;2-1-4-3;;;/h3-12,14H,1-2H3;3-14H,1-2H3;2-8H,1H3,(H2,16,19)(H,17,18);2-7,9H,1H3,(H,17,18);6-9H,1-5H3;2-9H,1H3;1,3H;;;/q;;;;;;;2*+1;-1/p-1. The molecule has 1 fully saturated rings. The minimum atomic E-state index is -3.84.